The van der Waals surface area contributed by atoms with E-state index in [9.17, 15) is 9.59 Å². The molecule has 0 radical (unpaired) electrons. The van der Waals surface area contributed by atoms with Crippen LogP contribution in [-0.4, -0.2) is 21.4 Å². The van der Waals surface area contributed by atoms with E-state index >= 15 is 0 Å². The number of aromatic nitrogens is 2. The van der Waals surface area contributed by atoms with Crippen molar-refractivity contribution in [3.63, 3.8) is 0 Å². The summed E-state index contributed by atoms with van der Waals surface area (Å²) in [6.07, 6.45) is 3.99. The molecule has 1 amide bonds. The minimum atomic E-state index is -0.477. The lowest BCUT2D eigenvalue weighted by Gasteiger charge is -2.28. The number of amidine groups is 1. The smallest absolute Gasteiger partial charge is 0.294 e. The lowest BCUT2D eigenvalue weighted by atomic mass is 9.97. The molecule has 170 valence electrons. The molecule has 0 spiro atoms. The highest BCUT2D eigenvalue weighted by Gasteiger charge is 2.30. The first kappa shape index (κ1) is 20.9. The Morgan fingerprint density at radius 3 is 2.62 bits per heavy atom. The number of nitrogens with zero attached hydrogens (tertiary/aromatic N) is 4. The van der Waals surface area contributed by atoms with Crippen molar-refractivity contribution in [2.75, 3.05) is 15.8 Å². The predicted molar refractivity (Wildman–Crippen MR) is 136 cm³/mol. The van der Waals surface area contributed by atoms with Gasteiger partial charge in [-0.2, -0.15) is 14.7 Å². The van der Waals surface area contributed by atoms with E-state index in [-0.39, 0.29) is 17.3 Å². The van der Waals surface area contributed by atoms with E-state index in [0.717, 1.165) is 31.2 Å². The molecular formula is C24H19ClN6O2S. The molecule has 1 aliphatic heterocycles. The van der Waals surface area contributed by atoms with Crippen molar-refractivity contribution >= 4 is 62.2 Å². The SMILES string of the molecule is O=C(Nc1ccccc1)C1=NN(c2ccc(Cl)cc2)c2nc3sc4c(c3c(=O)n2N1)CCCC4. The predicted octanol–water partition coefficient (Wildman–Crippen LogP) is 4.64. The number of benzene rings is 2. The van der Waals surface area contributed by atoms with E-state index in [1.807, 2.05) is 18.2 Å². The highest BCUT2D eigenvalue weighted by molar-refractivity contribution is 7.18. The Kier molecular flexibility index (Phi) is 5.08. The maximum Gasteiger partial charge on any atom is 0.294 e. The third kappa shape index (κ3) is 3.53. The topological polar surface area (TPSA) is 91.6 Å². The molecule has 1 aliphatic carbocycles. The second-order valence-corrected chi connectivity index (χ2v) is 9.63. The number of hydrazone groups is 1. The number of thiophene rings is 1. The second kappa shape index (κ2) is 8.27. The molecular weight excluding hydrogens is 472 g/mol. The summed E-state index contributed by atoms with van der Waals surface area (Å²) < 4.78 is 1.31. The molecule has 10 heteroatoms. The van der Waals surface area contributed by atoms with Crippen LogP contribution >= 0.6 is 22.9 Å². The molecule has 34 heavy (non-hydrogen) atoms. The highest BCUT2D eigenvalue weighted by Crippen LogP contribution is 2.36. The van der Waals surface area contributed by atoms with Crippen molar-refractivity contribution in [3.8, 4) is 0 Å². The third-order valence-corrected chi connectivity index (χ3v) is 7.33. The summed E-state index contributed by atoms with van der Waals surface area (Å²) in [5, 5.41) is 10.0. The fourth-order valence-electron chi connectivity index (χ4n) is 4.27. The quantitative estimate of drug-likeness (QED) is 0.436. The van der Waals surface area contributed by atoms with Crippen LogP contribution < -0.4 is 21.3 Å². The van der Waals surface area contributed by atoms with E-state index in [1.165, 1.54) is 14.6 Å². The van der Waals surface area contributed by atoms with Crippen LogP contribution in [0.1, 0.15) is 23.3 Å². The second-order valence-electron chi connectivity index (χ2n) is 8.11. The van der Waals surface area contributed by atoms with Gasteiger partial charge in [0.2, 0.25) is 5.84 Å². The van der Waals surface area contributed by atoms with Gasteiger partial charge in [0.05, 0.1) is 11.1 Å². The lowest BCUT2D eigenvalue weighted by molar-refractivity contribution is -0.110. The van der Waals surface area contributed by atoms with Gasteiger partial charge in [-0.3, -0.25) is 15.0 Å². The number of carbonyl (C=O) groups excluding carboxylic acids is 1. The minimum Gasteiger partial charge on any atom is -0.319 e. The van der Waals surface area contributed by atoms with Gasteiger partial charge in [-0.05, 0) is 67.6 Å². The number of fused-ring (bicyclic) bond motifs is 4. The first-order valence-electron chi connectivity index (χ1n) is 10.9. The van der Waals surface area contributed by atoms with Gasteiger partial charge in [0.25, 0.3) is 17.4 Å². The zero-order chi connectivity index (χ0) is 23.2. The van der Waals surface area contributed by atoms with Gasteiger partial charge < -0.3 is 5.32 Å². The molecule has 0 fully saturated rings. The molecule has 2 N–H and O–H groups in total. The normalized spacial score (nSPS) is 14.7. The van der Waals surface area contributed by atoms with Crippen molar-refractivity contribution in [3.05, 3.63) is 80.4 Å². The summed E-state index contributed by atoms with van der Waals surface area (Å²) >= 11 is 7.65. The van der Waals surface area contributed by atoms with Gasteiger partial charge in [0.15, 0.2) is 0 Å². The zero-order valence-electron chi connectivity index (χ0n) is 17.9. The zero-order valence-corrected chi connectivity index (χ0v) is 19.5. The molecule has 0 bridgehead atoms. The monoisotopic (exact) mass is 490 g/mol. The van der Waals surface area contributed by atoms with E-state index in [0.29, 0.717) is 26.6 Å². The summed E-state index contributed by atoms with van der Waals surface area (Å²) in [7, 11) is 0. The maximum absolute atomic E-state index is 13.7. The number of hydrogen-bond acceptors (Lipinski definition) is 7. The summed E-state index contributed by atoms with van der Waals surface area (Å²) in [4.78, 5) is 33.5. The molecule has 0 unspecified atom stereocenters. The number of nitrogens with one attached hydrogen (secondary N) is 2. The van der Waals surface area contributed by atoms with E-state index in [4.69, 9.17) is 16.6 Å². The van der Waals surface area contributed by atoms with E-state index in [1.54, 1.807) is 47.7 Å². The van der Waals surface area contributed by atoms with Crippen LogP contribution in [0.4, 0.5) is 17.3 Å². The summed E-state index contributed by atoms with van der Waals surface area (Å²) in [6, 6.07) is 16.1. The van der Waals surface area contributed by atoms with Crippen LogP contribution in [0, 0.1) is 0 Å². The summed E-state index contributed by atoms with van der Waals surface area (Å²) in [6.45, 7) is 0. The largest absolute Gasteiger partial charge is 0.319 e. The fraction of sp³-hybridized carbons (Fsp3) is 0.167. The van der Waals surface area contributed by atoms with Gasteiger partial charge in [0, 0.05) is 15.6 Å². The van der Waals surface area contributed by atoms with E-state index in [2.05, 4.69) is 15.8 Å². The first-order chi connectivity index (χ1) is 16.6. The standard InChI is InChI=1S/C24H19ClN6O2S/c25-14-10-12-16(13-11-14)30-24-27-22-19(17-8-4-5-9-18(17)34-22)23(33)31(24)29-20(28-30)21(32)26-15-6-2-1-3-7-15/h1-3,6-7,10-13H,4-5,8-9H2,(H,26,32)(H,28,29). The molecule has 0 atom stereocenters. The van der Waals surface area contributed by atoms with Crippen molar-refractivity contribution in [1.29, 1.82) is 0 Å². The number of para-hydroxylation sites is 1. The van der Waals surface area contributed by atoms with Crippen LogP contribution in [0.25, 0.3) is 10.2 Å². The molecule has 2 aliphatic rings. The minimum absolute atomic E-state index is 0.0290. The molecule has 0 saturated carbocycles. The molecule has 8 nitrogen and oxygen atoms in total. The third-order valence-electron chi connectivity index (χ3n) is 5.90. The van der Waals surface area contributed by atoms with Gasteiger partial charge >= 0.3 is 0 Å². The average molecular weight is 491 g/mol. The number of amides is 1. The van der Waals surface area contributed by atoms with Gasteiger partial charge in [-0.25, -0.2) is 0 Å². The van der Waals surface area contributed by atoms with Crippen LogP contribution in [0.15, 0.2) is 64.5 Å². The number of rotatable bonds is 3. The number of anilines is 3. The van der Waals surface area contributed by atoms with Crippen LogP contribution in [0.2, 0.25) is 5.02 Å². The van der Waals surface area contributed by atoms with Crippen molar-refractivity contribution in [2.45, 2.75) is 25.7 Å². The number of aryl methyl sites for hydroxylation is 2. The highest BCUT2D eigenvalue weighted by atomic mass is 35.5. The summed E-state index contributed by atoms with van der Waals surface area (Å²) in [5.41, 5.74) is 4.99. The Morgan fingerprint density at radius 2 is 1.82 bits per heavy atom. The number of hydrogen-bond donors (Lipinski definition) is 2. The fourth-order valence-corrected chi connectivity index (χ4v) is 5.65. The molecule has 4 aromatic rings. The number of carbonyl (C=O) groups is 1. The van der Waals surface area contributed by atoms with E-state index < -0.39 is 5.91 Å². The Bertz CT molecular complexity index is 1510. The molecule has 3 heterocycles. The maximum atomic E-state index is 13.7. The van der Waals surface area contributed by atoms with Crippen LogP contribution in [0.3, 0.4) is 0 Å². The van der Waals surface area contributed by atoms with Crippen molar-refractivity contribution in [2.24, 2.45) is 5.10 Å². The van der Waals surface area contributed by atoms with Crippen LogP contribution in [-0.2, 0) is 17.6 Å². The Morgan fingerprint density at radius 1 is 1.06 bits per heavy atom. The van der Waals surface area contributed by atoms with Gasteiger partial charge in [0.1, 0.15) is 4.83 Å². The molecule has 0 saturated heterocycles. The van der Waals surface area contributed by atoms with Crippen LogP contribution in [0.5, 0.6) is 0 Å². The Balaban J connectivity index is 1.50. The summed E-state index contributed by atoms with van der Waals surface area (Å²) in [5.74, 6) is -0.219. The lowest BCUT2D eigenvalue weighted by Crippen LogP contribution is -2.46. The molecule has 6 rings (SSSR count). The molecule has 2 aromatic carbocycles. The van der Waals surface area contributed by atoms with Crippen molar-refractivity contribution < 1.29 is 4.79 Å². The molecule has 2 aromatic heterocycles. The van der Waals surface area contributed by atoms with Crippen molar-refractivity contribution in [1.82, 2.24) is 9.66 Å². The first-order valence-corrected chi connectivity index (χ1v) is 12.1. The number of halogens is 1. The Labute approximate surface area is 203 Å². The Hall–Kier alpha value is -3.69. The average Bonchev–Trinajstić information content (AvgIpc) is 3.23. The van der Waals surface area contributed by atoms with Gasteiger partial charge in [-0.1, -0.05) is 29.8 Å². The van der Waals surface area contributed by atoms with Gasteiger partial charge in [-0.15, -0.1) is 16.4 Å².